The average Bonchev–Trinajstić information content (AvgIpc) is 3.04. The second-order valence-corrected chi connectivity index (χ2v) is 4.62. The zero-order valence-corrected chi connectivity index (χ0v) is 11.8. The van der Waals surface area contributed by atoms with Gasteiger partial charge >= 0.3 is 5.97 Å². The molecule has 8 nitrogen and oxygen atoms in total. The zero-order chi connectivity index (χ0) is 15.0. The molecule has 3 aromatic rings. The van der Waals surface area contributed by atoms with Crippen molar-refractivity contribution in [1.82, 2.24) is 24.7 Å². The van der Waals surface area contributed by atoms with Crippen LogP contribution >= 0.6 is 0 Å². The fourth-order valence-electron chi connectivity index (χ4n) is 1.86. The highest BCUT2D eigenvalue weighted by atomic mass is 16.6. The number of carbonyl (C=O) groups is 1. The van der Waals surface area contributed by atoms with Crippen LogP contribution in [0.5, 0.6) is 0 Å². The van der Waals surface area contributed by atoms with Crippen LogP contribution in [0.2, 0.25) is 0 Å². The normalized spacial score (nSPS) is 12.5. The fraction of sp³-hybridized carbons (Fsp3) is 0.308. The number of fused-ring (bicyclic) bond motifs is 1. The van der Waals surface area contributed by atoms with Crippen LogP contribution in [-0.2, 0) is 4.74 Å². The van der Waals surface area contributed by atoms with Gasteiger partial charge in [0.25, 0.3) is 5.89 Å². The van der Waals surface area contributed by atoms with Crippen molar-refractivity contribution in [3.8, 4) is 0 Å². The van der Waals surface area contributed by atoms with E-state index in [4.69, 9.17) is 9.26 Å². The number of carbonyl (C=O) groups excluding carboxylic acids is 1. The summed E-state index contributed by atoms with van der Waals surface area (Å²) >= 11 is 0. The van der Waals surface area contributed by atoms with Crippen molar-refractivity contribution >= 4 is 11.6 Å². The minimum atomic E-state index is -0.640. The lowest BCUT2D eigenvalue weighted by atomic mass is 10.3. The molecule has 3 rings (SSSR count). The molecular weight excluding hydrogens is 274 g/mol. The number of hydrogen-bond acceptors (Lipinski definition) is 7. The first-order valence-corrected chi connectivity index (χ1v) is 6.37. The molecule has 0 aliphatic carbocycles. The lowest BCUT2D eigenvalue weighted by Gasteiger charge is -2.07. The van der Waals surface area contributed by atoms with Gasteiger partial charge in [0.1, 0.15) is 5.56 Å². The quantitative estimate of drug-likeness (QED) is 0.676. The van der Waals surface area contributed by atoms with Gasteiger partial charge in [0, 0.05) is 11.9 Å². The molecule has 0 N–H and O–H groups in total. The third-order valence-corrected chi connectivity index (χ3v) is 2.90. The summed E-state index contributed by atoms with van der Waals surface area (Å²) in [5.41, 5.74) is 1.54. The molecular formula is C13H13N5O3. The van der Waals surface area contributed by atoms with E-state index in [1.54, 1.807) is 26.1 Å². The van der Waals surface area contributed by atoms with Crippen LogP contribution in [0.4, 0.5) is 0 Å². The van der Waals surface area contributed by atoms with E-state index in [1.807, 2.05) is 6.92 Å². The first kappa shape index (κ1) is 13.2. The topological polar surface area (TPSA) is 95.4 Å². The Kier molecular flexibility index (Phi) is 3.13. The highest BCUT2D eigenvalue weighted by Gasteiger charge is 2.22. The maximum absolute atomic E-state index is 12.2. The molecule has 0 amide bonds. The highest BCUT2D eigenvalue weighted by molar-refractivity contribution is 5.95. The molecule has 0 aliphatic rings. The largest absolute Gasteiger partial charge is 0.449 e. The van der Waals surface area contributed by atoms with Gasteiger partial charge in [0.15, 0.2) is 17.6 Å². The molecule has 1 unspecified atom stereocenters. The Bertz CT molecular complexity index is 807. The predicted molar refractivity (Wildman–Crippen MR) is 70.6 cm³/mol. The first-order chi connectivity index (χ1) is 10.0. The average molecular weight is 287 g/mol. The SMILES string of the molecule is Cc1ccn2ncc(C(=O)OC(C)c3nc(C)no3)c2n1. The van der Waals surface area contributed by atoms with Gasteiger partial charge in [0.05, 0.1) is 6.20 Å². The molecule has 0 saturated carbocycles. The molecule has 108 valence electrons. The second-order valence-electron chi connectivity index (χ2n) is 4.62. The summed E-state index contributed by atoms with van der Waals surface area (Å²) in [5.74, 6) is 0.203. The van der Waals surface area contributed by atoms with Crippen molar-refractivity contribution in [1.29, 1.82) is 0 Å². The molecule has 0 fully saturated rings. The van der Waals surface area contributed by atoms with E-state index in [2.05, 4.69) is 20.2 Å². The second kappa shape index (κ2) is 4.97. The van der Waals surface area contributed by atoms with E-state index in [9.17, 15) is 4.79 Å². The van der Waals surface area contributed by atoms with Gasteiger partial charge < -0.3 is 9.26 Å². The minimum absolute atomic E-state index is 0.251. The van der Waals surface area contributed by atoms with Gasteiger partial charge in [0.2, 0.25) is 0 Å². The van der Waals surface area contributed by atoms with Crippen molar-refractivity contribution < 1.29 is 14.1 Å². The van der Waals surface area contributed by atoms with Crippen molar-refractivity contribution in [2.45, 2.75) is 26.9 Å². The molecule has 0 bridgehead atoms. The minimum Gasteiger partial charge on any atom is -0.449 e. The van der Waals surface area contributed by atoms with Gasteiger partial charge in [-0.25, -0.2) is 14.3 Å². The van der Waals surface area contributed by atoms with Crippen molar-refractivity contribution in [2.75, 3.05) is 0 Å². The van der Waals surface area contributed by atoms with Gasteiger partial charge in [-0.1, -0.05) is 5.16 Å². The van der Waals surface area contributed by atoms with E-state index in [0.717, 1.165) is 5.69 Å². The van der Waals surface area contributed by atoms with E-state index in [-0.39, 0.29) is 5.89 Å². The molecule has 0 radical (unpaired) electrons. The number of aromatic nitrogens is 5. The summed E-state index contributed by atoms with van der Waals surface area (Å²) in [6.07, 6.45) is 2.52. The molecule has 1 atom stereocenters. The van der Waals surface area contributed by atoms with Crippen molar-refractivity contribution in [3.05, 3.63) is 41.4 Å². The Hall–Kier alpha value is -2.77. The number of aryl methyl sites for hydroxylation is 2. The third kappa shape index (κ3) is 2.47. The molecule has 3 aromatic heterocycles. The van der Waals surface area contributed by atoms with Crippen molar-refractivity contribution in [2.24, 2.45) is 0 Å². The first-order valence-electron chi connectivity index (χ1n) is 6.37. The molecule has 3 heterocycles. The van der Waals surface area contributed by atoms with Gasteiger partial charge in [-0.2, -0.15) is 10.1 Å². The van der Waals surface area contributed by atoms with Crippen LogP contribution in [0.25, 0.3) is 5.65 Å². The summed E-state index contributed by atoms with van der Waals surface area (Å²) in [4.78, 5) is 20.5. The fourth-order valence-corrected chi connectivity index (χ4v) is 1.86. The zero-order valence-electron chi connectivity index (χ0n) is 11.8. The van der Waals surface area contributed by atoms with Crippen molar-refractivity contribution in [3.63, 3.8) is 0 Å². The molecule has 8 heteroatoms. The molecule has 0 spiro atoms. The number of esters is 1. The van der Waals surface area contributed by atoms with E-state index in [1.165, 1.54) is 10.7 Å². The number of ether oxygens (including phenoxy) is 1. The predicted octanol–water partition coefficient (Wildman–Crippen LogP) is 1.65. The Morgan fingerprint density at radius 1 is 1.38 bits per heavy atom. The number of hydrogen-bond donors (Lipinski definition) is 0. The van der Waals surface area contributed by atoms with Gasteiger partial charge in [-0.3, -0.25) is 0 Å². The Balaban J connectivity index is 1.85. The summed E-state index contributed by atoms with van der Waals surface area (Å²) in [6, 6.07) is 1.80. The Morgan fingerprint density at radius 2 is 2.19 bits per heavy atom. The number of nitrogens with zero attached hydrogens (tertiary/aromatic N) is 5. The standard InChI is InChI=1S/C13H13N5O3/c1-7-4-5-18-11(15-7)10(6-14-18)13(19)20-8(2)12-16-9(3)17-21-12/h4-6,8H,1-3H3. The van der Waals surface area contributed by atoms with Crippen LogP contribution in [0.3, 0.4) is 0 Å². The number of rotatable bonds is 3. The van der Waals surface area contributed by atoms with Crippen LogP contribution in [0.1, 0.15) is 40.8 Å². The Labute approximate surface area is 119 Å². The van der Waals surface area contributed by atoms with E-state index < -0.39 is 12.1 Å². The summed E-state index contributed by atoms with van der Waals surface area (Å²) in [5, 5.41) is 7.73. The lowest BCUT2D eigenvalue weighted by molar-refractivity contribution is 0.0267. The summed E-state index contributed by atoms with van der Waals surface area (Å²) in [7, 11) is 0. The van der Waals surface area contributed by atoms with Gasteiger partial charge in [-0.15, -0.1) is 0 Å². The Morgan fingerprint density at radius 3 is 2.90 bits per heavy atom. The molecule has 0 saturated heterocycles. The summed E-state index contributed by atoms with van der Waals surface area (Å²) < 4.78 is 11.8. The lowest BCUT2D eigenvalue weighted by Crippen LogP contribution is -2.10. The third-order valence-electron chi connectivity index (χ3n) is 2.90. The molecule has 0 aromatic carbocycles. The highest BCUT2D eigenvalue weighted by Crippen LogP contribution is 2.18. The molecule has 0 aliphatic heterocycles. The van der Waals surface area contributed by atoms with E-state index in [0.29, 0.717) is 17.0 Å². The van der Waals surface area contributed by atoms with Crippen LogP contribution in [-0.4, -0.2) is 30.7 Å². The van der Waals surface area contributed by atoms with Crippen LogP contribution < -0.4 is 0 Å². The maximum atomic E-state index is 12.2. The van der Waals surface area contributed by atoms with Crippen LogP contribution in [0.15, 0.2) is 23.0 Å². The van der Waals surface area contributed by atoms with Gasteiger partial charge in [-0.05, 0) is 26.8 Å². The summed E-state index contributed by atoms with van der Waals surface area (Å²) in [6.45, 7) is 5.20. The van der Waals surface area contributed by atoms with E-state index >= 15 is 0 Å². The molecule has 21 heavy (non-hydrogen) atoms. The monoisotopic (exact) mass is 287 g/mol. The smallest absolute Gasteiger partial charge is 0.344 e. The maximum Gasteiger partial charge on any atom is 0.344 e. The van der Waals surface area contributed by atoms with Crippen LogP contribution in [0, 0.1) is 13.8 Å².